The smallest absolute Gasteiger partial charge is 0.336 e. The van der Waals surface area contributed by atoms with Crippen LogP contribution in [0.5, 0.6) is 5.75 Å². The van der Waals surface area contributed by atoms with E-state index in [4.69, 9.17) is 23.0 Å². The number of benzene rings is 1. The van der Waals surface area contributed by atoms with Crippen molar-refractivity contribution in [1.29, 1.82) is 0 Å². The summed E-state index contributed by atoms with van der Waals surface area (Å²) in [7, 11) is 1.45. The van der Waals surface area contributed by atoms with Gasteiger partial charge in [-0.3, -0.25) is 0 Å². The molecule has 4 rings (SSSR count). The first-order valence-electron chi connectivity index (χ1n) is 10.7. The van der Waals surface area contributed by atoms with Crippen LogP contribution >= 0.6 is 0 Å². The Morgan fingerprint density at radius 2 is 1.79 bits per heavy atom. The number of ether oxygens (including phenoxy) is 3. The lowest BCUT2D eigenvalue weighted by Gasteiger charge is -2.43. The monoisotopic (exact) mass is 480 g/mol. The van der Waals surface area contributed by atoms with Crippen LogP contribution in [-0.2, 0) is 15.9 Å². The van der Waals surface area contributed by atoms with E-state index in [1.807, 2.05) is 0 Å². The van der Waals surface area contributed by atoms with E-state index in [0.29, 0.717) is 27.7 Å². The van der Waals surface area contributed by atoms with Crippen molar-refractivity contribution in [2.45, 2.75) is 62.7 Å². The summed E-state index contributed by atoms with van der Waals surface area (Å²) < 4.78 is 27.8. The van der Waals surface area contributed by atoms with E-state index < -0.39 is 54.6 Å². The molecule has 0 saturated carbocycles. The van der Waals surface area contributed by atoms with Gasteiger partial charge in [-0.25, -0.2) is 4.79 Å². The molecule has 1 saturated heterocycles. The average Bonchev–Trinajstić information content (AvgIpc) is 3.29. The summed E-state index contributed by atoms with van der Waals surface area (Å²) in [5, 5.41) is 51.9. The zero-order valence-electron chi connectivity index (χ0n) is 18.9. The summed E-state index contributed by atoms with van der Waals surface area (Å²) in [4.78, 5) is 11.9. The van der Waals surface area contributed by atoms with E-state index in [1.54, 1.807) is 26.0 Å². The second kappa shape index (κ2) is 9.27. The molecule has 0 radical (unpaired) electrons. The van der Waals surface area contributed by atoms with Crippen molar-refractivity contribution in [2.24, 2.45) is 0 Å². The number of rotatable bonds is 7. The molecular formula is C23H28O11. The summed E-state index contributed by atoms with van der Waals surface area (Å²) in [5.41, 5.74) is -0.760. The molecule has 3 heterocycles. The molecule has 6 unspecified atom stereocenters. The average molecular weight is 480 g/mol. The molecule has 1 aromatic carbocycles. The van der Waals surface area contributed by atoms with Gasteiger partial charge in [0, 0.05) is 23.4 Å². The van der Waals surface area contributed by atoms with Gasteiger partial charge in [-0.1, -0.05) is 0 Å². The lowest BCUT2D eigenvalue weighted by atomic mass is 9.91. The number of fused-ring (bicyclic) bond motifs is 3. The predicted octanol–water partition coefficient (Wildman–Crippen LogP) is 0.0463. The SMILES string of the molecule is COc1c(CC(O)C(C)(C)OC2OC(CO)C(O)C(O)C2O)c2ccc(=O)oc2c2ccoc12. The first-order chi connectivity index (χ1) is 16.1. The third-order valence-electron chi connectivity index (χ3n) is 6.22. The van der Waals surface area contributed by atoms with Gasteiger partial charge in [0.2, 0.25) is 0 Å². The molecule has 186 valence electrons. The van der Waals surface area contributed by atoms with Crippen LogP contribution in [0.3, 0.4) is 0 Å². The Kier molecular flexibility index (Phi) is 6.71. The molecular weight excluding hydrogens is 452 g/mol. The Labute approximate surface area is 193 Å². The summed E-state index contributed by atoms with van der Waals surface area (Å²) >= 11 is 0. The molecule has 1 aliphatic heterocycles. The van der Waals surface area contributed by atoms with Gasteiger partial charge < -0.3 is 48.6 Å². The zero-order chi connectivity index (χ0) is 24.8. The van der Waals surface area contributed by atoms with Crippen molar-refractivity contribution in [3.63, 3.8) is 0 Å². The lowest BCUT2D eigenvalue weighted by Crippen LogP contribution is -2.61. The molecule has 3 aromatic rings. The standard InChI is InChI=1S/C23H28O11/c1-23(2,34-22-18(29)17(28)16(27)13(9-24)32-22)14(25)8-12-10-4-5-15(26)33-19(10)11-6-7-31-21(11)20(12)30-3/h4-7,13-14,16-18,22,24-25,27-29H,8-9H2,1-3H3. The molecule has 0 aliphatic carbocycles. The fraction of sp³-hybridized carbons (Fsp3) is 0.522. The van der Waals surface area contributed by atoms with Gasteiger partial charge in [0.15, 0.2) is 17.6 Å². The molecule has 34 heavy (non-hydrogen) atoms. The van der Waals surface area contributed by atoms with Crippen molar-refractivity contribution in [3.05, 3.63) is 40.4 Å². The Bertz CT molecular complexity index is 1210. The number of aliphatic hydroxyl groups is 5. The van der Waals surface area contributed by atoms with Gasteiger partial charge in [-0.05, 0) is 26.0 Å². The quantitative estimate of drug-likeness (QED) is 0.289. The second-order valence-corrected chi connectivity index (χ2v) is 8.81. The summed E-state index contributed by atoms with van der Waals surface area (Å²) in [6.45, 7) is 2.50. The maximum atomic E-state index is 11.9. The van der Waals surface area contributed by atoms with E-state index in [2.05, 4.69) is 0 Å². The molecule has 0 bridgehead atoms. The third-order valence-corrected chi connectivity index (χ3v) is 6.22. The van der Waals surface area contributed by atoms with Gasteiger partial charge in [-0.15, -0.1) is 0 Å². The summed E-state index contributed by atoms with van der Waals surface area (Å²) in [5.74, 6) is 0.351. The molecule has 0 amide bonds. The maximum absolute atomic E-state index is 11.9. The van der Waals surface area contributed by atoms with E-state index in [1.165, 1.54) is 19.4 Å². The van der Waals surface area contributed by atoms with Crippen LogP contribution in [-0.4, -0.2) is 81.7 Å². The Morgan fingerprint density at radius 3 is 2.47 bits per heavy atom. The van der Waals surface area contributed by atoms with Gasteiger partial charge in [0.25, 0.3) is 0 Å². The normalized spacial score (nSPS) is 26.8. The highest BCUT2D eigenvalue weighted by Gasteiger charge is 2.47. The highest BCUT2D eigenvalue weighted by Crippen LogP contribution is 2.40. The fourth-order valence-corrected chi connectivity index (χ4v) is 4.18. The molecule has 2 aromatic heterocycles. The number of methoxy groups -OCH3 is 1. The first-order valence-corrected chi connectivity index (χ1v) is 10.7. The van der Waals surface area contributed by atoms with Crippen molar-refractivity contribution in [3.8, 4) is 5.75 Å². The van der Waals surface area contributed by atoms with Crippen LogP contribution in [0.25, 0.3) is 21.9 Å². The number of aliphatic hydroxyl groups excluding tert-OH is 5. The van der Waals surface area contributed by atoms with Crippen molar-refractivity contribution in [1.82, 2.24) is 0 Å². The topological polar surface area (TPSA) is 172 Å². The lowest BCUT2D eigenvalue weighted by molar-refractivity contribution is -0.331. The van der Waals surface area contributed by atoms with Crippen LogP contribution < -0.4 is 10.4 Å². The van der Waals surface area contributed by atoms with Gasteiger partial charge >= 0.3 is 5.63 Å². The minimum Gasteiger partial charge on any atom is -0.492 e. The second-order valence-electron chi connectivity index (χ2n) is 8.81. The van der Waals surface area contributed by atoms with E-state index in [-0.39, 0.29) is 12.0 Å². The summed E-state index contributed by atoms with van der Waals surface area (Å²) in [6, 6.07) is 4.48. The van der Waals surface area contributed by atoms with Gasteiger partial charge in [0.05, 0.1) is 37.1 Å². The van der Waals surface area contributed by atoms with Crippen LogP contribution in [0.4, 0.5) is 0 Å². The molecule has 11 heteroatoms. The number of hydrogen-bond acceptors (Lipinski definition) is 11. The van der Waals surface area contributed by atoms with Gasteiger partial charge in [0.1, 0.15) is 30.0 Å². The fourth-order valence-electron chi connectivity index (χ4n) is 4.18. The Hall–Kier alpha value is -2.51. The molecule has 6 atom stereocenters. The summed E-state index contributed by atoms with van der Waals surface area (Å²) in [6.07, 6.45) is -7.14. The Balaban J connectivity index is 1.67. The molecule has 11 nitrogen and oxygen atoms in total. The van der Waals surface area contributed by atoms with E-state index >= 15 is 0 Å². The number of hydrogen-bond donors (Lipinski definition) is 5. The van der Waals surface area contributed by atoms with Crippen LogP contribution in [0.15, 0.2) is 38.1 Å². The van der Waals surface area contributed by atoms with Crippen LogP contribution in [0.2, 0.25) is 0 Å². The van der Waals surface area contributed by atoms with Crippen molar-refractivity contribution >= 4 is 21.9 Å². The van der Waals surface area contributed by atoms with E-state index in [0.717, 1.165) is 0 Å². The highest BCUT2D eigenvalue weighted by molar-refractivity contribution is 6.07. The van der Waals surface area contributed by atoms with Gasteiger partial charge in [-0.2, -0.15) is 0 Å². The minimum atomic E-state index is -1.62. The molecule has 1 fully saturated rings. The van der Waals surface area contributed by atoms with Crippen LogP contribution in [0.1, 0.15) is 19.4 Å². The molecule has 1 aliphatic rings. The highest BCUT2D eigenvalue weighted by atomic mass is 16.7. The van der Waals surface area contributed by atoms with Crippen molar-refractivity contribution in [2.75, 3.05) is 13.7 Å². The molecule has 0 spiro atoms. The first kappa shape index (κ1) is 24.6. The number of furan rings is 1. The van der Waals surface area contributed by atoms with Crippen molar-refractivity contribution < 1.29 is 48.6 Å². The zero-order valence-corrected chi connectivity index (χ0v) is 18.9. The van der Waals surface area contributed by atoms with Crippen LogP contribution in [0, 0.1) is 0 Å². The molecule has 5 N–H and O–H groups in total. The predicted molar refractivity (Wildman–Crippen MR) is 117 cm³/mol. The third kappa shape index (κ3) is 4.20. The Morgan fingerprint density at radius 1 is 1.06 bits per heavy atom. The maximum Gasteiger partial charge on any atom is 0.336 e. The van der Waals surface area contributed by atoms with E-state index in [9.17, 15) is 30.3 Å². The largest absolute Gasteiger partial charge is 0.492 e. The minimum absolute atomic E-state index is 0.0333.